The second-order valence-corrected chi connectivity index (χ2v) is 6.40. The van der Waals surface area contributed by atoms with Crippen molar-refractivity contribution in [2.45, 2.75) is 20.3 Å². The number of ether oxygens (including phenoxy) is 1. The first kappa shape index (κ1) is 19.4. The van der Waals surface area contributed by atoms with Crippen LogP contribution in [0.15, 0.2) is 54.7 Å². The molecule has 3 aromatic rings. The Morgan fingerprint density at radius 1 is 1.14 bits per heavy atom. The van der Waals surface area contributed by atoms with Gasteiger partial charge in [-0.15, -0.1) is 0 Å². The number of carbonyl (C=O) groups excluding carboxylic acids is 2. The van der Waals surface area contributed by atoms with Gasteiger partial charge in [0.2, 0.25) is 0 Å². The Hall–Kier alpha value is -3.41. The summed E-state index contributed by atoms with van der Waals surface area (Å²) in [4.78, 5) is 24.6. The molecule has 0 aliphatic heterocycles. The molecule has 1 aromatic heterocycles. The van der Waals surface area contributed by atoms with Crippen molar-refractivity contribution < 1.29 is 14.3 Å². The number of aromatic nitrogens is 2. The summed E-state index contributed by atoms with van der Waals surface area (Å²) in [5, 5.41) is 7.54. The number of benzene rings is 2. The molecule has 0 radical (unpaired) electrons. The summed E-state index contributed by atoms with van der Waals surface area (Å²) in [6, 6.07) is 15.0. The van der Waals surface area contributed by atoms with Gasteiger partial charge in [-0.3, -0.25) is 4.79 Å². The third-order valence-electron chi connectivity index (χ3n) is 4.60. The fraction of sp³-hybridized carbons (Fsp3) is 0.227. The molecular formula is C22H23N3O3. The van der Waals surface area contributed by atoms with E-state index < -0.39 is 5.97 Å². The summed E-state index contributed by atoms with van der Waals surface area (Å²) in [7, 11) is 1.34. The highest BCUT2D eigenvalue weighted by Crippen LogP contribution is 2.19. The molecule has 144 valence electrons. The normalized spacial score (nSPS) is 10.5. The fourth-order valence-electron chi connectivity index (χ4n) is 3.07. The summed E-state index contributed by atoms with van der Waals surface area (Å²) in [5.41, 5.74) is 4.50. The molecule has 0 aliphatic rings. The van der Waals surface area contributed by atoms with Gasteiger partial charge in [0.05, 0.1) is 42.4 Å². The summed E-state index contributed by atoms with van der Waals surface area (Å²) in [5.74, 6) is -0.464. The maximum Gasteiger partial charge on any atom is 0.337 e. The molecule has 0 saturated carbocycles. The molecule has 0 fully saturated rings. The molecule has 1 heterocycles. The Morgan fingerprint density at radius 3 is 2.57 bits per heavy atom. The number of hydrogen-bond donors (Lipinski definition) is 1. The van der Waals surface area contributed by atoms with Crippen molar-refractivity contribution in [2.75, 3.05) is 19.0 Å². The molecule has 0 spiro atoms. The summed E-state index contributed by atoms with van der Waals surface area (Å²) < 4.78 is 6.56. The molecule has 0 aliphatic carbocycles. The van der Waals surface area contributed by atoms with Crippen LogP contribution in [-0.2, 0) is 11.2 Å². The van der Waals surface area contributed by atoms with E-state index >= 15 is 0 Å². The molecule has 0 amide bonds. The quantitative estimate of drug-likeness (QED) is 0.500. The van der Waals surface area contributed by atoms with Crippen LogP contribution in [0.5, 0.6) is 0 Å². The van der Waals surface area contributed by atoms with Crippen LogP contribution in [-0.4, -0.2) is 35.2 Å². The number of nitrogens with zero attached hydrogens (tertiary/aromatic N) is 2. The SMILES string of the molecule is CCc1c(C(=O)CNc2cc(C(=O)OC)ccc2C)cnn1-c1ccccc1. The average Bonchev–Trinajstić information content (AvgIpc) is 3.17. The van der Waals surface area contributed by atoms with Gasteiger partial charge in [0.25, 0.3) is 0 Å². The van der Waals surface area contributed by atoms with Crippen molar-refractivity contribution in [1.82, 2.24) is 9.78 Å². The van der Waals surface area contributed by atoms with Crippen molar-refractivity contribution in [3.05, 3.63) is 77.1 Å². The topological polar surface area (TPSA) is 73.2 Å². The number of aryl methyl sites for hydroxylation is 1. The van der Waals surface area contributed by atoms with Gasteiger partial charge < -0.3 is 10.1 Å². The van der Waals surface area contributed by atoms with E-state index in [0.717, 1.165) is 22.6 Å². The van der Waals surface area contributed by atoms with Crippen LogP contribution < -0.4 is 5.32 Å². The Morgan fingerprint density at radius 2 is 1.89 bits per heavy atom. The first-order valence-electron chi connectivity index (χ1n) is 9.13. The van der Waals surface area contributed by atoms with E-state index in [1.807, 2.05) is 50.2 Å². The fourth-order valence-corrected chi connectivity index (χ4v) is 3.07. The standard InChI is InChI=1S/C22H23N3O3/c1-4-20-18(13-24-25(20)17-8-6-5-7-9-17)21(26)14-23-19-12-16(22(27)28-3)11-10-15(19)2/h5-13,23H,4,14H2,1-3H3. The Bertz CT molecular complexity index is 994. The number of anilines is 1. The molecule has 28 heavy (non-hydrogen) atoms. The molecule has 6 heteroatoms. The number of carbonyl (C=O) groups is 2. The molecule has 1 N–H and O–H groups in total. The number of methoxy groups -OCH3 is 1. The minimum absolute atomic E-state index is 0.0538. The van der Waals surface area contributed by atoms with Gasteiger partial charge >= 0.3 is 5.97 Å². The average molecular weight is 377 g/mol. The lowest BCUT2D eigenvalue weighted by atomic mass is 10.1. The van der Waals surface area contributed by atoms with Crippen LogP contribution in [0.3, 0.4) is 0 Å². The van der Waals surface area contributed by atoms with Crippen LogP contribution in [0.25, 0.3) is 5.69 Å². The first-order valence-corrected chi connectivity index (χ1v) is 9.13. The van der Waals surface area contributed by atoms with E-state index in [2.05, 4.69) is 10.4 Å². The van der Waals surface area contributed by atoms with Crippen molar-refractivity contribution in [1.29, 1.82) is 0 Å². The lowest BCUT2D eigenvalue weighted by molar-refractivity contribution is 0.0600. The number of nitrogens with one attached hydrogen (secondary N) is 1. The third kappa shape index (κ3) is 3.96. The largest absolute Gasteiger partial charge is 0.465 e. The van der Waals surface area contributed by atoms with E-state index in [4.69, 9.17) is 4.74 Å². The number of ketones is 1. The molecule has 0 unspecified atom stereocenters. The lowest BCUT2D eigenvalue weighted by Gasteiger charge is -2.11. The second-order valence-electron chi connectivity index (χ2n) is 6.40. The molecule has 6 nitrogen and oxygen atoms in total. The highest BCUT2D eigenvalue weighted by Gasteiger charge is 2.17. The van der Waals surface area contributed by atoms with Gasteiger partial charge in [0, 0.05) is 5.69 Å². The highest BCUT2D eigenvalue weighted by atomic mass is 16.5. The van der Waals surface area contributed by atoms with Gasteiger partial charge in [-0.1, -0.05) is 31.2 Å². The zero-order valence-electron chi connectivity index (χ0n) is 16.2. The van der Waals surface area contributed by atoms with Crippen LogP contribution >= 0.6 is 0 Å². The van der Waals surface area contributed by atoms with Crippen LogP contribution in [0.4, 0.5) is 5.69 Å². The smallest absolute Gasteiger partial charge is 0.337 e. The van der Waals surface area contributed by atoms with Crippen molar-refractivity contribution in [3.63, 3.8) is 0 Å². The van der Waals surface area contributed by atoms with E-state index in [1.54, 1.807) is 23.0 Å². The zero-order valence-corrected chi connectivity index (χ0v) is 16.2. The predicted molar refractivity (Wildman–Crippen MR) is 108 cm³/mol. The molecule has 0 saturated heterocycles. The van der Waals surface area contributed by atoms with Gasteiger partial charge in [-0.25, -0.2) is 9.48 Å². The highest BCUT2D eigenvalue weighted by molar-refractivity contribution is 6.00. The molecule has 0 bridgehead atoms. The van der Waals surface area contributed by atoms with Crippen molar-refractivity contribution in [2.24, 2.45) is 0 Å². The summed E-state index contributed by atoms with van der Waals surface area (Å²) >= 11 is 0. The van der Waals surface area contributed by atoms with E-state index in [0.29, 0.717) is 17.5 Å². The Balaban J connectivity index is 1.79. The van der Waals surface area contributed by atoms with E-state index in [-0.39, 0.29) is 12.3 Å². The van der Waals surface area contributed by atoms with Crippen LogP contribution in [0.2, 0.25) is 0 Å². The number of rotatable bonds is 7. The summed E-state index contributed by atoms with van der Waals surface area (Å²) in [6.07, 6.45) is 2.31. The summed E-state index contributed by atoms with van der Waals surface area (Å²) in [6.45, 7) is 4.03. The monoisotopic (exact) mass is 377 g/mol. The number of esters is 1. The van der Waals surface area contributed by atoms with E-state index in [9.17, 15) is 9.59 Å². The molecule has 3 rings (SSSR count). The Kier molecular flexibility index (Phi) is 5.89. The van der Waals surface area contributed by atoms with Crippen LogP contribution in [0, 0.1) is 6.92 Å². The molecule has 2 aromatic carbocycles. The minimum atomic E-state index is -0.410. The van der Waals surface area contributed by atoms with Crippen LogP contribution in [0.1, 0.15) is 38.9 Å². The minimum Gasteiger partial charge on any atom is -0.465 e. The van der Waals surface area contributed by atoms with Gasteiger partial charge in [0.1, 0.15) is 0 Å². The number of para-hydroxylation sites is 1. The van der Waals surface area contributed by atoms with Gasteiger partial charge in [-0.2, -0.15) is 5.10 Å². The molecular weight excluding hydrogens is 354 g/mol. The number of Topliss-reactive ketones (excluding diaryl/α,β-unsaturated/α-hetero) is 1. The first-order chi connectivity index (χ1) is 13.5. The Labute approximate surface area is 164 Å². The maximum absolute atomic E-state index is 12.8. The van der Waals surface area contributed by atoms with Crippen molar-refractivity contribution in [3.8, 4) is 5.69 Å². The number of hydrogen-bond acceptors (Lipinski definition) is 5. The molecule has 0 atom stereocenters. The van der Waals surface area contributed by atoms with Gasteiger partial charge in [0.15, 0.2) is 5.78 Å². The maximum atomic E-state index is 12.8. The third-order valence-corrected chi connectivity index (χ3v) is 4.60. The van der Waals surface area contributed by atoms with Gasteiger partial charge in [-0.05, 0) is 43.2 Å². The van der Waals surface area contributed by atoms with E-state index in [1.165, 1.54) is 7.11 Å². The second kappa shape index (κ2) is 8.52. The van der Waals surface area contributed by atoms with Crippen molar-refractivity contribution >= 4 is 17.4 Å². The lowest BCUT2D eigenvalue weighted by Crippen LogP contribution is -2.16. The zero-order chi connectivity index (χ0) is 20.1. The predicted octanol–water partition coefficient (Wildman–Crippen LogP) is 3.82.